The van der Waals surface area contributed by atoms with Crippen LogP contribution in [0.1, 0.15) is 58.1 Å². The SMILES string of the molecule is CC1CN(C(=O)OC(C)(C)C)c2c(sc3ccc4nc(Cl)ccc4c23)C(=O)N1C(=O)OC(C)(C)C. The lowest BCUT2D eigenvalue weighted by molar-refractivity contribution is 0.0182. The van der Waals surface area contributed by atoms with Crippen molar-refractivity contribution in [1.29, 1.82) is 0 Å². The van der Waals surface area contributed by atoms with Gasteiger partial charge in [0.05, 0.1) is 23.8 Å². The van der Waals surface area contributed by atoms with Crippen LogP contribution in [0.5, 0.6) is 0 Å². The fourth-order valence-electron chi connectivity index (χ4n) is 3.97. The topological polar surface area (TPSA) is 89.0 Å². The summed E-state index contributed by atoms with van der Waals surface area (Å²) in [5.41, 5.74) is -0.524. The quantitative estimate of drug-likeness (QED) is 0.311. The summed E-state index contributed by atoms with van der Waals surface area (Å²) in [6.45, 7) is 12.3. The number of thiophene rings is 1. The molecule has 0 N–H and O–H groups in total. The number of amides is 3. The summed E-state index contributed by atoms with van der Waals surface area (Å²) in [6, 6.07) is 6.47. The smallest absolute Gasteiger partial charge is 0.417 e. The molecule has 0 radical (unpaired) electrons. The van der Waals surface area contributed by atoms with E-state index in [-0.39, 0.29) is 11.4 Å². The summed E-state index contributed by atoms with van der Waals surface area (Å²) in [5.74, 6) is -0.524. The molecule has 10 heteroatoms. The van der Waals surface area contributed by atoms with Crippen LogP contribution in [-0.2, 0) is 9.47 Å². The van der Waals surface area contributed by atoms with Crippen LogP contribution < -0.4 is 4.90 Å². The van der Waals surface area contributed by atoms with E-state index in [1.165, 1.54) is 16.2 Å². The number of aromatic nitrogens is 1. The Balaban J connectivity index is 1.97. The molecule has 1 atom stereocenters. The van der Waals surface area contributed by atoms with Crippen molar-refractivity contribution in [3.63, 3.8) is 0 Å². The number of rotatable bonds is 0. The van der Waals surface area contributed by atoms with E-state index in [0.717, 1.165) is 15.0 Å². The number of carbonyl (C=O) groups excluding carboxylic acids is 3. The Morgan fingerprint density at radius 3 is 2.29 bits per heavy atom. The Labute approximate surface area is 212 Å². The van der Waals surface area contributed by atoms with Crippen molar-refractivity contribution in [1.82, 2.24) is 9.88 Å². The average Bonchev–Trinajstić information content (AvgIpc) is 3.04. The number of nitrogens with zero attached hydrogens (tertiary/aromatic N) is 3. The maximum Gasteiger partial charge on any atom is 0.417 e. The Bertz CT molecular complexity index is 1360. The molecule has 1 unspecified atom stereocenters. The third kappa shape index (κ3) is 4.92. The molecule has 0 aliphatic carbocycles. The summed E-state index contributed by atoms with van der Waals surface area (Å²) in [6.07, 6.45) is -1.37. The van der Waals surface area contributed by atoms with Crippen LogP contribution in [0.3, 0.4) is 0 Å². The Morgan fingerprint density at radius 2 is 1.66 bits per heavy atom. The average molecular weight is 518 g/mol. The second-order valence-electron chi connectivity index (χ2n) is 10.5. The van der Waals surface area contributed by atoms with Crippen LogP contribution in [0.2, 0.25) is 5.15 Å². The highest BCUT2D eigenvalue weighted by Crippen LogP contribution is 2.45. The van der Waals surface area contributed by atoms with Gasteiger partial charge in [0, 0.05) is 15.5 Å². The number of carbonyl (C=O) groups is 3. The predicted octanol–water partition coefficient (Wildman–Crippen LogP) is 6.62. The number of anilines is 1. The molecule has 0 spiro atoms. The summed E-state index contributed by atoms with van der Waals surface area (Å²) in [5, 5.41) is 1.76. The molecule has 0 saturated carbocycles. The first-order valence-corrected chi connectivity index (χ1v) is 12.4. The van der Waals surface area contributed by atoms with Crippen molar-refractivity contribution in [3.8, 4) is 0 Å². The zero-order valence-corrected chi connectivity index (χ0v) is 22.3. The molecule has 0 saturated heterocycles. The van der Waals surface area contributed by atoms with Crippen LogP contribution in [0.15, 0.2) is 24.3 Å². The molecule has 1 aliphatic heterocycles. The molecule has 2 aromatic heterocycles. The highest BCUT2D eigenvalue weighted by molar-refractivity contribution is 7.21. The van der Waals surface area contributed by atoms with Gasteiger partial charge < -0.3 is 9.47 Å². The molecule has 1 aromatic carbocycles. The van der Waals surface area contributed by atoms with Gasteiger partial charge in [-0.3, -0.25) is 9.69 Å². The van der Waals surface area contributed by atoms with Gasteiger partial charge >= 0.3 is 12.2 Å². The van der Waals surface area contributed by atoms with E-state index in [0.29, 0.717) is 21.7 Å². The van der Waals surface area contributed by atoms with E-state index >= 15 is 0 Å². The Morgan fingerprint density at radius 1 is 1.03 bits per heavy atom. The van der Waals surface area contributed by atoms with E-state index in [9.17, 15) is 14.4 Å². The first-order valence-electron chi connectivity index (χ1n) is 11.2. The zero-order chi connectivity index (χ0) is 25.9. The first kappa shape index (κ1) is 25.2. The number of ether oxygens (including phenoxy) is 2. The molecule has 186 valence electrons. The maximum atomic E-state index is 13.8. The number of pyridine rings is 1. The van der Waals surface area contributed by atoms with Crippen molar-refractivity contribution in [2.75, 3.05) is 11.4 Å². The fourth-order valence-corrected chi connectivity index (χ4v) is 5.28. The van der Waals surface area contributed by atoms with Gasteiger partial charge in [-0.2, -0.15) is 0 Å². The van der Waals surface area contributed by atoms with Gasteiger partial charge in [0.25, 0.3) is 5.91 Å². The van der Waals surface area contributed by atoms with Crippen molar-refractivity contribution < 1.29 is 23.9 Å². The summed E-state index contributed by atoms with van der Waals surface area (Å²) >= 11 is 7.32. The van der Waals surface area contributed by atoms with E-state index in [1.54, 1.807) is 54.5 Å². The molecule has 3 amide bonds. The van der Waals surface area contributed by atoms with Gasteiger partial charge in [-0.25, -0.2) is 19.5 Å². The molecule has 1 aliphatic rings. The monoisotopic (exact) mass is 517 g/mol. The number of fused-ring (bicyclic) bond motifs is 5. The molecule has 0 fully saturated rings. The third-order valence-electron chi connectivity index (χ3n) is 5.24. The molecule has 0 bridgehead atoms. The minimum Gasteiger partial charge on any atom is -0.443 e. The van der Waals surface area contributed by atoms with Crippen LogP contribution in [0.4, 0.5) is 15.3 Å². The second kappa shape index (κ2) is 8.64. The molecule has 8 nitrogen and oxygen atoms in total. The van der Waals surface area contributed by atoms with E-state index < -0.39 is 35.3 Å². The van der Waals surface area contributed by atoms with Gasteiger partial charge in [0.15, 0.2) is 0 Å². The lowest BCUT2D eigenvalue weighted by atomic mass is 10.1. The van der Waals surface area contributed by atoms with Crippen molar-refractivity contribution in [3.05, 3.63) is 34.3 Å². The van der Waals surface area contributed by atoms with Gasteiger partial charge in [0.1, 0.15) is 21.2 Å². The van der Waals surface area contributed by atoms with Crippen LogP contribution in [0.25, 0.3) is 21.0 Å². The van der Waals surface area contributed by atoms with E-state index in [1.807, 2.05) is 18.2 Å². The van der Waals surface area contributed by atoms with Gasteiger partial charge in [0.2, 0.25) is 0 Å². The minimum atomic E-state index is -0.793. The lowest BCUT2D eigenvalue weighted by Gasteiger charge is -2.31. The van der Waals surface area contributed by atoms with Crippen LogP contribution >= 0.6 is 22.9 Å². The number of hydrogen-bond donors (Lipinski definition) is 0. The zero-order valence-electron chi connectivity index (χ0n) is 20.8. The number of hydrogen-bond acceptors (Lipinski definition) is 7. The van der Waals surface area contributed by atoms with E-state index in [4.69, 9.17) is 21.1 Å². The molecule has 3 aromatic rings. The largest absolute Gasteiger partial charge is 0.443 e. The predicted molar refractivity (Wildman–Crippen MR) is 138 cm³/mol. The Kier molecular flexibility index (Phi) is 6.22. The Hall–Kier alpha value is -2.91. The van der Waals surface area contributed by atoms with Crippen molar-refractivity contribution in [2.45, 2.75) is 65.7 Å². The number of halogens is 1. The maximum absolute atomic E-state index is 13.8. The number of benzene rings is 1. The van der Waals surface area contributed by atoms with Gasteiger partial charge in [-0.15, -0.1) is 11.3 Å². The van der Waals surface area contributed by atoms with Crippen LogP contribution in [0, 0.1) is 0 Å². The first-order chi connectivity index (χ1) is 16.2. The number of imide groups is 1. The highest BCUT2D eigenvalue weighted by atomic mass is 35.5. The van der Waals surface area contributed by atoms with E-state index in [2.05, 4.69) is 4.98 Å². The fraction of sp³-hybridized carbons (Fsp3) is 0.440. The lowest BCUT2D eigenvalue weighted by Crippen LogP contribution is -2.49. The molecule has 3 heterocycles. The van der Waals surface area contributed by atoms with Gasteiger partial charge in [-0.05, 0) is 72.7 Å². The van der Waals surface area contributed by atoms with Gasteiger partial charge in [-0.1, -0.05) is 11.6 Å². The molecular formula is C25H28ClN3O5S. The normalized spacial score (nSPS) is 16.9. The summed E-state index contributed by atoms with van der Waals surface area (Å²) < 4.78 is 12.0. The van der Waals surface area contributed by atoms with Crippen molar-refractivity contribution >= 4 is 67.7 Å². The van der Waals surface area contributed by atoms with Crippen LogP contribution in [-0.4, -0.2) is 51.8 Å². The summed E-state index contributed by atoms with van der Waals surface area (Å²) in [4.78, 5) is 47.5. The molecule has 35 heavy (non-hydrogen) atoms. The highest BCUT2D eigenvalue weighted by Gasteiger charge is 2.42. The molecular weight excluding hydrogens is 490 g/mol. The summed E-state index contributed by atoms with van der Waals surface area (Å²) in [7, 11) is 0. The standard InChI is InChI=1S/C25H28ClN3O5S/c1-13-12-28(22(31)33-24(2,3)4)19-18-14-8-11-17(26)27-15(14)9-10-16(18)35-20(19)21(30)29(13)23(32)34-25(5,6)7/h8-11,13H,12H2,1-7H3. The van der Waals surface area contributed by atoms with Crippen molar-refractivity contribution in [2.24, 2.45) is 0 Å². The molecule has 4 rings (SSSR count). The second-order valence-corrected chi connectivity index (χ2v) is 12.0. The minimum absolute atomic E-state index is 0.0378. The third-order valence-corrected chi connectivity index (χ3v) is 6.58.